The Morgan fingerprint density at radius 3 is 2.79 bits per heavy atom. The van der Waals surface area contributed by atoms with Crippen LogP contribution >= 0.6 is 0 Å². The van der Waals surface area contributed by atoms with E-state index in [9.17, 15) is 9.18 Å². The predicted octanol–water partition coefficient (Wildman–Crippen LogP) is 2.11. The number of rotatable bonds is 3. The second kappa shape index (κ2) is 5.17. The first-order chi connectivity index (χ1) is 8.95. The molecule has 1 saturated heterocycles. The number of phenols is 1. The fourth-order valence-electron chi connectivity index (χ4n) is 2.50. The standard InChI is InChI=1S/C14H19FN2O2/c1-9(2)14(5-6-16-8-14)13(19)17-10-3-4-12(18)11(15)7-10/h3-4,7,9,16,18H,5-6,8H2,1-2H3,(H,17,19). The lowest BCUT2D eigenvalue weighted by molar-refractivity contribution is -0.126. The van der Waals surface area contributed by atoms with Crippen LogP contribution in [0.1, 0.15) is 20.3 Å². The minimum absolute atomic E-state index is 0.0995. The van der Waals surface area contributed by atoms with E-state index in [1.54, 1.807) is 0 Å². The number of carbonyl (C=O) groups excluding carboxylic acids is 1. The molecule has 5 heteroatoms. The molecule has 0 bridgehead atoms. The van der Waals surface area contributed by atoms with E-state index in [4.69, 9.17) is 5.11 Å². The molecule has 4 nitrogen and oxygen atoms in total. The number of hydrogen-bond acceptors (Lipinski definition) is 3. The molecule has 0 aliphatic carbocycles. The van der Waals surface area contributed by atoms with Crippen LogP contribution in [0.3, 0.4) is 0 Å². The third-order valence-electron chi connectivity index (χ3n) is 3.95. The lowest BCUT2D eigenvalue weighted by atomic mass is 9.75. The molecule has 1 heterocycles. The fourth-order valence-corrected chi connectivity index (χ4v) is 2.50. The molecule has 1 atom stereocenters. The molecule has 0 radical (unpaired) electrons. The van der Waals surface area contributed by atoms with Crippen LogP contribution in [0.5, 0.6) is 5.75 Å². The molecule has 1 aromatic rings. The highest BCUT2D eigenvalue weighted by Gasteiger charge is 2.43. The van der Waals surface area contributed by atoms with Gasteiger partial charge in [0.15, 0.2) is 11.6 Å². The fraction of sp³-hybridized carbons (Fsp3) is 0.500. The molecule has 1 aliphatic heterocycles. The lowest BCUT2D eigenvalue weighted by Gasteiger charge is -2.31. The first-order valence-electron chi connectivity index (χ1n) is 6.46. The summed E-state index contributed by atoms with van der Waals surface area (Å²) >= 11 is 0. The summed E-state index contributed by atoms with van der Waals surface area (Å²) in [6, 6.07) is 3.86. The minimum Gasteiger partial charge on any atom is -0.505 e. The highest BCUT2D eigenvalue weighted by Crippen LogP contribution is 2.35. The molecule has 104 valence electrons. The van der Waals surface area contributed by atoms with E-state index in [1.807, 2.05) is 13.8 Å². The zero-order chi connectivity index (χ0) is 14.0. The SMILES string of the molecule is CC(C)C1(C(=O)Nc2ccc(O)c(F)c2)CCNC1. The Balaban J connectivity index is 2.17. The number of carbonyl (C=O) groups is 1. The number of anilines is 1. The maximum absolute atomic E-state index is 13.2. The number of nitrogens with one attached hydrogen (secondary N) is 2. The van der Waals surface area contributed by atoms with Crippen molar-refractivity contribution < 1.29 is 14.3 Å². The van der Waals surface area contributed by atoms with Crippen LogP contribution in [-0.2, 0) is 4.79 Å². The predicted molar refractivity (Wildman–Crippen MR) is 71.5 cm³/mol. The van der Waals surface area contributed by atoms with Crippen molar-refractivity contribution in [2.45, 2.75) is 20.3 Å². The number of aromatic hydroxyl groups is 1. The van der Waals surface area contributed by atoms with Gasteiger partial charge in [0.25, 0.3) is 0 Å². The van der Waals surface area contributed by atoms with Gasteiger partial charge in [-0.3, -0.25) is 4.79 Å². The second-order valence-electron chi connectivity index (χ2n) is 5.36. The molecule has 1 fully saturated rings. The number of hydrogen-bond donors (Lipinski definition) is 3. The van der Waals surface area contributed by atoms with Crippen LogP contribution in [-0.4, -0.2) is 24.1 Å². The molecule has 1 aliphatic rings. The number of halogens is 1. The van der Waals surface area contributed by atoms with Crippen molar-refractivity contribution in [3.63, 3.8) is 0 Å². The van der Waals surface area contributed by atoms with Gasteiger partial charge in [-0.1, -0.05) is 13.8 Å². The quantitative estimate of drug-likeness (QED) is 0.734. The van der Waals surface area contributed by atoms with Crippen LogP contribution in [0.15, 0.2) is 18.2 Å². The molecule has 0 spiro atoms. The Labute approximate surface area is 112 Å². The van der Waals surface area contributed by atoms with Crippen molar-refractivity contribution in [1.82, 2.24) is 5.32 Å². The highest BCUT2D eigenvalue weighted by atomic mass is 19.1. The van der Waals surface area contributed by atoms with Gasteiger partial charge in [0.1, 0.15) is 0 Å². The highest BCUT2D eigenvalue weighted by molar-refractivity contribution is 5.96. The summed E-state index contributed by atoms with van der Waals surface area (Å²) in [6.07, 6.45) is 0.775. The maximum Gasteiger partial charge on any atom is 0.232 e. The Kier molecular flexibility index (Phi) is 3.75. The molecule has 2 rings (SSSR count). The van der Waals surface area contributed by atoms with Crippen LogP contribution in [0, 0.1) is 17.2 Å². The van der Waals surface area contributed by atoms with E-state index in [1.165, 1.54) is 12.1 Å². The van der Waals surface area contributed by atoms with Crippen LogP contribution < -0.4 is 10.6 Å². The number of benzene rings is 1. The smallest absolute Gasteiger partial charge is 0.232 e. The Morgan fingerprint density at radius 1 is 1.53 bits per heavy atom. The third-order valence-corrected chi connectivity index (χ3v) is 3.95. The average Bonchev–Trinajstić information content (AvgIpc) is 2.84. The largest absolute Gasteiger partial charge is 0.505 e. The first-order valence-corrected chi connectivity index (χ1v) is 6.46. The van der Waals surface area contributed by atoms with Crippen molar-refractivity contribution in [2.75, 3.05) is 18.4 Å². The first kappa shape index (κ1) is 13.8. The summed E-state index contributed by atoms with van der Waals surface area (Å²) in [4.78, 5) is 12.4. The molecule has 0 aromatic heterocycles. The molecule has 1 amide bonds. The van der Waals surface area contributed by atoms with Crippen molar-refractivity contribution in [2.24, 2.45) is 11.3 Å². The van der Waals surface area contributed by atoms with Crippen LogP contribution in [0.4, 0.5) is 10.1 Å². The topological polar surface area (TPSA) is 61.4 Å². The Hall–Kier alpha value is -1.62. The van der Waals surface area contributed by atoms with Gasteiger partial charge < -0.3 is 15.7 Å². The van der Waals surface area contributed by atoms with E-state index >= 15 is 0 Å². The Bertz CT molecular complexity index is 482. The van der Waals surface area contributed by atoms with Crippen molar-refractivity contribution in [3.8, 4) is 5.75 Å². The molecule has 1 unspecified atom stereocenters. The molecular formula is C14H19FN2O2. The van der Waals surface area contributed by atoms with Gasteiger partial charge in [0.05, 0.1) is 5.41 Å². The number of phenolic OH excluding ortho intramolecular Hbond substituents is 1. The number of amides is 1. The second-order valence-corrected chi connectivity index (χ2v) is 5.36. The summed E-state index contributed by atoms with van der Waals surface area (Å²) in [7, 11) is 0. The van der Waals surface area contributed by atoms with Crippen LogP contribution in [0.25, 0.3) is 0 Å². The van der Waals surface area contributed by atoms with Crippen molar-refractivity contribution >= 4 is 11.6 Å². The molecule has 1 aromatic carbocycles. The van der Waals surface area contributed by atoms with E-state index in [-0.39, 0.29) is 11.8 Å². The van der Waals surface area contributed by atoms with Gasteiger partial charge in [-0.15, -0.1) is 0 Å². The molecule has 3 N–H and O–H groups in total. The van der Waals surface area contributed by atoms with Gasteiger partial charge in [-0.05, 0) is 31.0 Å². The summed E-state index contributed by atoms with van der Waals surface area (Å²) in [6.45, 7) is 5.49. The van der Waals surface area contributed by atoms with E-state index in [0.29, 0.717) is 12.2 Å². The van der Waals surface area contributed by atoms with Gasteiger partial charge in [0, 0.05) is 18.3 Å². The van der Waals surface area contributed by atoms with Gasteiger partial charge in [-0.25, -0.2) is 4.39 Å². The summed E-state index contributed by atoms with van der Waals surface area (Å²) < 4.78 is 13.2. The van der Waals surface area contributed by atoms with E-state index in [0.717, 1.165) is 19.0 Å². The summed E-state index contributed by atoms with van der Waals surface area (Å²) in [5.41, 5.74) is -0.0822. The van der Waals surface area contributed by atoms with Gasteiger partial charge >= 0.3 is 0 Å². The summed E-state index contributed by atoms with van der Waals surface area (Å²) in [5, 5.41) is 15.1. The minimum atomic E-state index is -0.735. The lowest BCUT2D eigenvalue weighted by Crippen LogP contribution is -2.42. The normalized spacial score (nSPS) is 22.7. The van der Waals surface area contributed by atoms with Gasteiger partial charge in [-0.2, -0.15) is 0 Å². The Morgan fingerprint density at radius 2 is 2.26 bits per heavy atom. The van der Waals surface area contributed by atoms with E-state index in [2.05, 4.69) is 10.6 Å². The van der Waals surface area contributed by atoms with Crippen LogP contribution in [0.2, 0.25) is 0 Å². The van der Waals surface area contributed by atoms with Crippen molar-refractivity contribution in [3.05, 3.63) is 24.0 Å². The van der Waals surface area contributed by atoms with Crippen molar-refractivity contribution in [1.29, 1.82) is 0 Å². The van der Waals surface area contributed by atoms with E-state index < -0.39 is 17.0 Å². The summed E-state index contributed by atoms with van der Waals surface area (Å²) in [5.74, 6) is -1.05. The zero-order valence-corrected chi connectivity index (χ0v) is 11.2. The average molecular weight is 266 g/mol. The maximum atomic E-state index is 13.2. The molecule has 0 saturated carbocycles. The molecular weight excluding hydrogens is 247 g/mol. The molecule has 19 heavy (non-hydrogen) atoms. The third kappa shape index (κ3) is 2.56. The van der Waals surface area contributed by atoms with Gasteiger partial charge in [0.2, 0.25) is 5.91 Å². The monoisotopic (exact) mass is 266 g/mol. The zero-order valence-electron chi connectivity index (χ0n) is 11.2.